The molecule has 110 valence electrons. The third-order valence-corrected chi connectivity index (χ3v) is 5.09. The van der Waals surface area contributed by atoms with E-state index in [4.69, 9.17) is 9.84 Å². The van der Waals surface area contributed by atoms with Crippen LogP contribution in [0.15, 0.2) is 23.2 Å². The molecule has 0 aliphatic heterocycles. The molecule has 1 atom stereocenters. The number of nitrogens with zero attached hydrogens (tertiary/aromatic N) is 1. The Morgan fingerprint density at radius 2 is 2.15 bits per heavy atom. The lowest BCUT2D eigenvalue weighted by Crippen LogP contribution is -2.44. The summed E-state index contributed by atoms with van der Waals surface area (Å²) < 4.78 is 31.8. The van der Waals surface area contributed by atoms with Gasteiger partial charge < -0.3 is 9.84 Å². The number of rotatable bonds is 6. The van der Waals surface area contributed by atoms with Crippen molar-refractivity contribution in [1.29, 1.82) is 0 Å². The average molecular weight is 300 g/mol. The molecule has 1 unspecified atom stereocenters. The zero-order valence-electron chi connectivity index (χ0n) is 11.2. The third-order valence-electron chi connectivity index (χ3n) is 3.55. The van der Waals surface area contributed by atoms with Crippen molar-refractivity contribution in [3.05, 3.63) is 18.3 Å². The summed E-state index contributed by atoms with van der Waals surface area (Å²) in [6, 6.07) is 2.81. The minimum atomic E-state index is -3.79. The summed E-state index contributed by atoms with van der Waals surface area (Å²) in [7, 11) is -2.36. The lowest BCUT2D eigenvalue weighted by atomic mass is 10.0. The number of carboxylic acids is 1. The highest BCUT2D eigenvalue weighted by molar-refractivity contribution is 7.89. The molecular weight excluding hydrogens is 284 g/mol. The predicted octanol–water partition coefficient (Wildman–Crippen LogP) is 0.622. The van der Waals surface area contributed by atoms with Crippen LogP contribution in [-0.4, -0.2) is 37.1 Å². The second-order valence-corrected chi connectivity index (χ2v) is 6.54. The Hall–Kier alpha value is -1.67. The van der Waals surface area contributed by atoms with Gasteiger partial charge in [0.1, 0.15) is 4.90 Å². The molecule has 1 aliphatic rings. The fourth-order valence-corrected chi connectivity index (χ4v) is 3.44. The van der Waals surface area contributed by atoms with E-state index in [1.54, 1.807) is 0 Å². The van der Waals surface area contributed by atoms with Crippen LogP contribution in [0.2, 0.25) is 0 Å². The van der Waals surface area contributed by atoms with Crippen molar-refractivity contribution in [2.24, 2.45) is 5.92 Å². The molecule has 8 heteroatoms. The van der Waals surface area contributed by atoms with E-state index in [0.29, 0.717) is 18.7 Å². The monoisotopic (exact) mass is 300 g/mol. The molecule has 2 N–H and O–H groups in total. The number of nitrogens with one attached hydrogen (secondary N) is 1. The van der Waals surface area contributed by atoms with E-state index in [2.05, 4.69) is 9.71 Å². The first-order valence-corrected chi connectivity index (χ1v) is 7.56. The van der Waals surface area contributed by atoms with Gasteiger partial charge >= 0.3 is 5.97 Å². The zero-order chi connectivity index (χ0) is 15.0. The lowest BCUT2D eigenvalue weighted by Gasteiger charge is -2.21. The van der Waals surface area contributed by atoms with Gasteiger partial charge in [0.15, 0.2) is 0 Å². The van der Waals surface area contributed by atoms with Gasteiger partial charge in [0, 0.05) is 11.6 Å². The predicted molar refractivity (Wildman–Crippen MR) is 69.9 cm³/mol. The molecule has 1 fully saturated rings. The standard InChI is InChI=1S/C12H16N2O5S/c1-8(11(15)16)12(5-6-12)14-20(17,18)9-3-4-10(19-2)13-7-9/h3-4,7-8,14H,5-6H2,1-2H3,(H,15,16). The molecule has 7 nitrogen and oxygen atoms in total. The number of hydrogen-bond donors (Lipinski definition) is 2. The number of carboxylic acid groups (broad SMARTS) is 1. The van der Waals surface area contributed by atoms with Crippen molar-refractivity contribution in [1.82, 2.24) is 9.71 Å². The summed E-state index contributed by atoms with van der Waals surface area (Å²) in [5.74, 6) is -1.48. The molecular formula is C12H16N2O5S. The Morgan fingerprint density at radius 3 is 2.55 bits per heavy atom. The summed E-state index contributed by atoms with van der Waals surface area (Å²) in [5.41, 5.74) is -0.884. The van der Waals surface area contributed by atoms with Crippen molar-refractivity contribution in [2.75, 3.05) is 7.11 Å². The number of ether oxygens (including phenoxy) is 1. The minimum absolute atomic E-state index is 0.0119. The maximum absolute atomic E-state index is 12.2. The van der Waals surface area contributed by atoms with Crippen LogP contribution in [0.5, 0.6) is 5.88 Å². The summed E-state index contributed by atoms with van der Waals surface area (Å²) in [6.45, 7) is 1.50. The van der Waals surface area contributed by atoms with Gasteiger partial charge in [-0.05, 0) is 18.9 Å². The van der Waals surface area contributed by atoms with Crippen LogP contribution in [-0.2, 0) is 14.8 Å². The molecule has 0 amide bonds. The minimum Gasteiger partial charge on any atom is -0.481 e. The summed E-state index contributed by atoms with van der Waals surface area (Å²) in [4.78, 5) is 14.9. The second-order valence-electron chi connectivity index (χ2n) is 4.86. The molecule has 1 aromatic rings. The second kappa shape index (κ2) is 5.02. The van der Waals surface area contributed by atoms with Crippen LogP contribution in [0.25, 0.3) is 0 Å². The maximum atomic E-state index is 12.2. The van der Waals surface area contributed by atoms with Crippen molar-refractivity contribution in [2.45, 2.75) is 30.2 Å². The Labute approximate surface area is 117 Å². The highest BCUT2D eigenvalue weighted by atomic mass is 32.2. The first kappa shape index (κ1) is 14.7. The normalized spacial score (nSPS) is 18.3. The molecule has 0 radical (unpaired) electrons. The third kappa shape index (κ3) is 2.75. The lowest BCUT2D eigenvalue weighted by molar-refractivity contribution is -0.142. The molecule has 20 heavy (non-hydrogen) atoms. The molecule has 0 saturated heterocycles. The molecule has 2 rings (SSSR count). The van der Waals surface area contributed by atoms with Crippen molar-refractivity contribution in [3.63, 3.8) is 0 Å². The molecule has 0 aromatic carbocycles. The van der Waals surface area contributed by atoms with Gasteiger partial charge in [-0.1, -0.05) is 6.92 Å². The molecule has 1 aliphatic carbocycles. The van der Waals surface area contributed by atoms with Gasteiger partial charge in [-0.3, -0.25) is 4.79 Å². The van der Waals surface area contributed by atoms with E-state index >= 15 is 0 Å². The maximum Gasteiger partial charge on any atom is 0.308 e. The number of sulfonamides is 1. The Bertz CT molecular complexity index is 607. The van der Waals surface area contributed by atoms with Crippen LogP contribution in [0.1, 0.15) is 19.8 Å². The van der Waals surface area contributed by atoms with Gasteiger partial charge in [-0.25, -0.2) is 18.1 Å². The number of pyridine rings is 1. The van der Waals surface area contributed by atoms with E-state index in [1.165, 1.54) is 32.4 Å². The summed E-state index contributed by atoms with van der Waals surface area (Å²) in [5, 5.41) is 9.03. The Balaban J connectivity index is 2.21. The fraction of sp³-hybridized carbons (Fsp3) is 0.500. The molecule has 0 spiro atoms. The molecule has 0 bridgehead atoms. The SMILES string of the molecule is COc1ccc(S(=O)(=O)NC2(C(C)C(=O)O)CC2)cn1. The Kier molecular flexibility index (Phi) is 3.70. The van der Waals surface area contributed by atoms with Gasteiger partial charge in [0.25, 0.3) is 0 Å². The molecule has 1 heterocycles. The van der Waals surface area contributed by atoms with Gasteiger partial charge in [-0.15, -0.1) is 0 Å². The number of aromatic nitrogens is 1. The first-order chi connectivity index (χ1) is 9.31. The van der Waals surface area contributed by atoms with Crippen LogP contribution < -0.4 is 9.46 Å². The van der Waals surface area contributed by atoms with E-state index in [1.807, 2.05) is 0 Å². The molecule has 1 saturated carbocycles. The Morgan fingerprint density at radius 1 is 1.50 bits per heavy atom. The highest BCUT2D eigenvalue weighted by Gasteiger charge is 2.53. The van der Waals surface area contributed by atoms with Crippen molar-refractivity contribution >= 4 is 16.0 Å². The summed E-state index contributed by atoms with van der Waals surface area (Å²) >= 11 is 0. The van der Waals surface area contributed by atoms with E-state index < -0.39 is 27.4 Å². The van der Waals surface area contributed by atoms with Crippen LogP contribution in [0, 0.1) is 5.92 Å². The van der Waals surface area contributed by atoms with E-state index in [9.17, 15) is 13.2 Å². The number of methoxy groups -OCH3 is 1. The fourth-order valence-electron chi connectivity index (χ4n) is 1.97. The van der Waals surface area contributed by atoms with Gasteiger partial charge in [0.05, 0.1) is 19.2 Å². The number of hydrogen-bond acceptors (Lipinski definition) is 5. The number of aliphatic carboxylic acids is 1. The van der Waals surface area contributed by atoms with Crippen LogP contribution in [0.4, 0.5) is 0 Å². The van der Waals surface area contributed by atoms with E-state index in [-0.39, 0.29) is 4.90 Å². The quantitative estimate of drug-likeness (QED) is 0.798. The average Bonchev–Trinajstić information content (AvgIpc) is 3.18. The van der Waals surface area contributed by atoms with E-state index in [0.717, 1.165) is 0 Å². The number of carbonyl (C=O) groups is 1. The highest BCUT2D eigenvalue weighted by Crippen LogP contribution is 2.43. The molecule has 1 aromatic heterocycles. The largest absolute Gasteiger partial charge is 0.481 e. The van der Waals surface area contributed by atoms with Gasteiger partial charge in [-0.2, -0.15) is 0 Å². The first-order valence-electron chi connectivity index (χ1n) is 6.07. The topological polar surface area (TPSA) is 106 Å². The van der Waals surface area contributed by atoms with Crippen molar-refractivity contribution < 1.29 is 23.1 Å². The summed E-state index contributed by atoms with van der Waals surface area (Å²) in [6.07, 6.45) is 2.22. The van der Waals surface area contributed by atoms with Crippen molar-refractivity contribution in [3.8, 4) is 5.88 Å². The van der Waals surface area contributed by atoms with Gasteiger partial charge in [0.2, 0.25) is 15.9 Å². The zero-order valence-corrected chi connectivity index (χ0v) is 12.0. The van der Waals surface area contributed by atoms with Crippen LogP contribution in [0.3, 0.4) is 0 Å². The smallest absolute Gasteiger partial charge is 0.308 e. The van der Waals surface area contributed by atoms with Crippen LogP contribution >= 0.6 is 0 Å².